The lowest BCUT2D eigenvalue weighted by molar-refractivity contribution is -0.139. The average Bonchev–Trinajstić information content (AvgIpc) is 2.84. The maximum Gasteiger partial charge on any atom is 0.341 e. The molecule has 5 nitrogen and oxygen atoms in total. The lowest BCUT2D eigenvalue weighted by Gasteiger charge is -2.04. The summed E-state index contributed by atoms with van der Waals surface area (Å²) in [4.78, 5) is 23.2. The second kappa shape index (κ2) is 8.55. The van der Waals surface area contributed by atoms with Crippen molar-refractivity contribution >= 4 is 40.4 Å². The summed E-state index contributed by atoms with van der Waals surface area (Å²) in [6, 6.07) is 7.03. The first kappa shape index (κ1) is 19.0. The van der Waals surface area contributed by atoms with E-state index in [4.69, 9.17) is 27.2 Å². The van der Waals surface area contributed by atoms with Gasteiger partial charge in [0.1, 0.15) is 9.90 Å². The molecule has 0 saturated heterocycles. The molecule has 2 rings (SSSR count). The molecule has 0 radical (unpaired) electrons. The third-order valence-corrected chi connectivity index (χ3v) is 4.41. The Morgan fingerprint density at radius 1 is 1.35 bits per heavy atom. The standard InChI is InChI=1S/C14H12ClNO4S.C2H6/c1-7(17)13-12(20-6-10(18)19)11(15)14(21-13)8-3-2-4-9(16)5-8;1-2/h2-5H,6,16H2,1H3,(H,18,19);1-2H3. The maximum absolute atomic E-state index is 11.7. The van der Waals surface area contributed by atoms with E-state index >= 15 is 0 Å². The molecule has 7 heteroatoms. The highest BCUT2D eigenvalue weighted by Gasteiger charge is 2.22. The van der Waals surface area contributed by atoms with Gasteiger partial charge in [0.25, 0.3) is 0 Å². The smallest absolute Gasteiger partial charge is 0.341 e. The average molecular weight is 356 g/mol. The highest BCUT2D eigenvalue weighted by Crippen LogP contribution is 2.45. The van der Waals surface area contributed by atoms with Gasteiger partial charge in [-0.3, -0.25) is 4.79 Å². The van der Waals surface area contributed by atoms with E-state index in [1.165, 1.54) is 6.92 Å². The third-order valence-electron chi connectivity index (χ3n) is 2.62. The van der Waals surface area contributed by atoms with E-state index in [-0.39, 0.29) is 16.6 Å². The highest BCUT2D eigenvalue weighted by atomic mass is 35.5. The zero-order valence-electron chi connectivity index (χ0n) is 13.1. The van der Waals surface area contributed by atoms with Gasteiger partial charge < -0.3 is 15.6 Å². The second-order valence-corrected chi connectivity index (χ2v) is 5.67. The highest BCUT2D eigenvalue weighted by molar-refractivity contribution is 7.18. The molecule has 0 unspecified atom stereocenters. The Morgan fingerprint density at radius 3 is 2.52 bits per heavy atom. The zero-order valence-corrected chi connectivity index (χ0v) is 14.6. The first-order chi connectivity index (χ1) is 10.9. The van der Waals surface area contributed by atoms with Crippen molar-refractivity contribution in [3.05, 3.63) is 34.2 Å². The Morgan fingerprint density at radius 2 is 2.00 bits per heavy atom. The Kier molecular flexibility index (Phi) is 7.06. The number of hydrogen-bond donors (Lipinski definition) is 2. The molecule has 0 aliphatic carbocycles. The number of Topliss-reactive ketones (excluding diaryl/α,β-unsaturated/α-hetero) is 1. The number of nitrogens with two attached hydrogens (primary N) is 1. The number of hydrogen-bond acceptors (Lipinski definition) is 5. The fraction of sp³-hybridized carbons (Fsp3) is 0.250. The molecule has 0 amide bonds. The minimum atomic E-state index is -1.14. The predicted molar refractivity (Wildman–Crippen MR) is 93.7 cm³/mol. The van der Waals surface area contributed by atoms with E-state index in [1.54, 1.807) is 24.3 Å². The van der Waals surface area contributed by atoms with E-state index in [1.807, 2.05) is 13.8 Å². The number of carbonyl (C=O) groups is 2. The summed E-state index contributed by atoms with van der Waals surface area (Å²) in [5.41, 5.74) is 7.05. The summed E-state index contributed by atoms with van der Waals surface area (Å²) in [5.74, 6) is -1.27. The van der Waals surface area contributed by atoms with Gasteiger partial charge in [0.2, 0.25) is 0 Å². The summed E-state index contributed by atoms with van der Waals surface area (Å²) < 4.78 is 5.15. The maximum atomic E-state index is 11.7. The van der Waals surface area contributed by atoms with Gasteiger partial charge in [-0.1, -0.05) is 37.6 Å². The number of halogens is 1. The zero-order chi connectivity index (χ0) is 17.6. The Bertz CT molecular complexity index is 712. The van der Waals surface area contributed by atoms with Crippen molar-refractivity contribution in [2.75, 3.05) is 12.3 Å². The minimum Gasteiger partial charge on any atom is -0.479 e. The normalized spacial score (nSPS) is 9.74. The number of aliphatic carboxylic acids is 1. The van der Waals surface area contributed by atoms with Crippen molar-refractivity contribution in [3.8, 4) is 16.2 Å². The lowest BCUT2D eigenvalue weighted by Crippen LogP contribution is -2.10. The van der Waals surface area contributed by atoms with E-state index < -0.39 is 12.6 Å². The lowest BCUT2D eigenvalue weighted by atomic mass is 10.1. The Balaban J connectivity index is 0.00000127. The van der Waals surface area contributed by atoms with Gasteiger partial charge in [0.05, 0.1) is 4.88 Å². The molecule has 2 aromatic rings. The number of rotatable bonds is 5. The number of carboxylic acid groups (broad SMARTS) is 1. The SMILES string of the molecule is CC.CC(=O)c1sc(-c2cccc(N)c2)c(Cl)c1OCC(=O)O. The molecule has 0 aliphatic heterocycles. The molecule has 23 heavy (non-hydrogen) atoms. The van der Waals surface area contributed by atoms with Crippen LogP contribution in [0.25, 0.3) is 10.4 Å². The number of nitrogen functional groups attached to an aromatic ring is 1. The van der Waals surface area contributed by atoms with Crippen molar-refractivity contribution in [2.45, 2.75) is 20.8 Å². The number of thiophene rings is 1. The van der Waals surface area contributed by atoms with Gasteiger partial charge in [0.15, 0.2) is 18.1 Å². The molecule has 3 N–H and O–H groups in total. The Labute approximate surface area is 143 Å². The van der Waals surface area contributed by atoms with Crippen LogP contribution in [-0.4, -0.2) is 23.5 Å². The van der Waals surface area contributed by atoms with Crippen LogP contribution in [0.2, 0.25) is 5.02 Å². The second-order valence-electron chi connectivity index (χ2n) is 4.27. The fourth-order valence-corrected chi connectivity index (χ4v) is 3.21. The van der Waals surface area contributed by atoms with Crippen LogP contribution in [-0.2, 0) is 4.79 Å². The van der Waals surface area contributed by atoms with Gasteiger partial charge in [0, 0.05) is 12.6 Å². The summed E-state index contributed by atoms with van der Waals surface area (Å²) in [6.07, 6.45) is 0. The van der Waals surface area contributed by atoms with Crippen molar-refractivity contribution < 1.29 is 19.4 Å². The van der Waals surface area contributed by atoms with Crippen molar-refractivity contribution in [2.24, 2.45) is 0 Å². The third kappa shape index (κ3) is 4.71. The van der Waals surface area contributed by atoms with Crippen LogP contribution in [0, 0.1) is 0 Å². The first-order valence-electron chi connectivity index (χ1n) is 6.94. The molecular weight excluding hydrogens is 338 g/mol. The van der Waals surface area contributed by atoms with Gasteiger partial charge in [-0.05, 0) is 17.7 Å². The topological polar surface area (TPSA) is 89.6 Å². The van der Waals surface area contributed by atoms with Crippen LogP contribution in [0.15, 0.2) is 24.3 Å². The van der Waals surface area contributed by atoms with E-state index in [0.717, 1.165) is 16.9 Å². The molecular formula is C16H18ClNO4S. The van der Waals surface area contributed by atoms with E-state index in [0.29, 0.717) is 15.4 Å². The molecule has 0 fully saturated rings. The largest absolute Gasteiger partial charge is 0.479 e. The summed E-state index contributed by atoms with van der Waals surface area (Å²) in [5, 5.41) is 8.91. The monoisotopic (exact) mass is 355 g/mol. The van der Waals surface area contributed by atoms with Crippen molar-refractivity contribution in [3.63, 3.8) is 0 Å². The Hall–Kier alpha value is -2.05. The molecule has 0 aliphatic rings. The quantitative estimate of drug-likeness (QED) is 0.615. The van der Waals surface area contributed by atoms with Crippen LogP contribution in [0.5, 0.6) is 5.75 Å². The van der Waals surface area contributed by atoms with Crippen LogP contribution in [0.3, 0.4) is 0 Å². The number of ether oxygens (including phenoxy) is 1. The molecule has 1 aromatic heterocycles. The minimum absolute atomic E-state index is 0.106. The number of carboxylic acids is 1. The van der Waals surface area contributed by atoms with Crippen LogP contribution in [0.1, 0.15) is 30.4 Å². The van der Waals surface area contributed by atoms with Crippen molar-refractivity contribution in [1.82, 2.24) is 0 Å². The van der Waals surface area contributed by atoms with Crippen LogP contribution >= 0.6 is 22.9 Å². The van der Waals surface area contributed by atoms with E-state index in [2.05, 4.69) is 0 Å². The number of ketones is 1. The van der Waals surface area contributed by atoms with Crippen LogP contribution in [0.4, 0.5) is 5.69 Å². The molecule has 0 atom stereocenters. The number of carbonyl (C=O) groups excluding carboxylic acids is 1. The summed E-state index contributed by atoms with van der Waals surface area (Å²) in [7, 11) is 0. The molecule has 0 saturated carbocycles. The first-order valence-corrected chi connectivity index (χ1v) is 8.13. The molecule has 124 valence electrons. The van der Waals surface area contributed by atoms with Gasteiger partial charge >= 0.3 is 5.97 Å². The molecule has 0 bridgehead atoms. The number of anilines is 1. The fourth-order valence-electron chi connectivity index (χ4n) is 1.76. The van der Waals surface area contributed by atoms with Gasteiger partial charge in [-0.2, -0.15) is 0 Å². The molecule has 1 heterocycles. The van der Waals surface area contributed by atoms with Crippen LogP contribution < -0.4 is 10.5 Å². The van der Waals surface area contributed by atoms with Gasteiger partial charge in [-0.25, -0.2) is 4.79 Å². The van der Waals surface area contributed by atoms with E-state index in [9.17, 15) is 9.59 Å². The van der Waals surface area contributed by atoms with Crippen molar-refractivity contribution in [1.29, 1.82) is 0 Å². The molecule has 1 aromatic carbocycles. The van der Waals surface area contributed by atoms with Gasteiger partial charge in [-0.15, -0.1) is 11.3 Å². The molecule has 0 spiro atoms. The predicted octanol–water partition coefficient (Wildman–Crippen LogP) is 4.34. The summed E-state index contributed by atoms with van der Waals surface area (Å²) >= 11 is 7.40. The summed E-state index contributed by atoms with van der Waals surface area (Å²) in [6.45, 7) is 4.81. The number of benzene rings is 1.